The van der Waals surface area contributed by atoms with Crippen LogP contribution < -0.4 is 4.90 Å². The summed E-state index contributed by atoms with van der Waals surface area (Å²) in [4.78, 5) is 20.7. The molecule has 0 spiro atoms. The smallest absolute Gasteiger partial charge is 0.227 e. The first-order chi connectivity index (χ1) is 10.8. The maximum atomic E-state index is 12.2. The van der Waals surface area contributed by atoms with Crippen molar-refractivity contribution >= 4 is 11.6 Å². The van der Waals surface area contributed by atoms with Crippen molar-refractivity contribution in [3.63, 3.8) is 0 Å². The second kappa shape index (κ2) is 6.32. The molecule has 3 rings (SSSR count). The van der Waals surface area contributed by atoms with Crippen LogP contribution in [0.2, 0.25) is 0 Å². The molecule has 1 aromatic carbocycles. The van der Waals surface area contributed by atoms with Gasteiger partial charge in [0.25, 0.3) is 0 Å². The Hall–Kier alpha value is -2.79. The number of amides is 1. The van der Waals surface area contributed by atoms with Crippen LogP contribution in [0.15, 0.2) is 48.1 Å². The van der Waals surface area contributed by atoms with Gasteiger partial charge in [-0.05, 0) is 29.1 Å². The first-order valence-corrected chi connectivity index (χ1v) is 7.12. The summed E-state index contributed by atoms with van der Waals surface area (Å²) in [5.41, 5.74) is 10.4. The van der Waals surface area contributed by atoms with Crippen LogP contribution in [0.1, 0.15) is 12.0 Å². The minimum absolute atomic E-state index is 0.0814. The van der Waals surface area contributed by atoms with E-state index < -0.39 is 0 Å². The van der Waals surface area contributed by atoms with Crippen LogP contribution in [-0.2, 0) is 11.3 Å². The van der Waals surface area contributed by atoms with Gasteiger partial charge >= 0.3 is 0 Å². The number of imidazole rings is 1. The maximum Gasteiger partial charge on any atom is 0.227 e. The topological polar surface area (TPSA) is 86.9 Å². The van der Waals surface area contributed by atoms with Crippen molar-refractivity contribution in [1.29, 1.82) is 0 Å². The molecule has 0 saturated carbocycles. The van der Waals surface area contributed by atoms with Crippen molar-refractivity contribution in [2.75, 3.05) is 18.0 Å². The number of rotatable bonds is 5. The molecule has 112 valence electrons. The van der Waals surface area contributed by atoms with Crippen LogP contribution in [0.3, 0.4) is 0 Å². The minimum atomic E-state index is 0.0814. The average Bonchev–Trinajstić information content (AvgIpc) is 3.15. The summed E-state index contributed by atoms with van der Waals surface area (Å²) in [6.45, 7) is 1.69. The van der Waals surface area contributed by atoms with E-state index in [-0.39, 0.29) is 11.8 Å². The summed E-state index contributed by atoms with van der Waals surface area (Å²) >= 11 is 0. The minimum Gasteiger partial charge on any atom is -0.333 e. The van der Waals surface area contributed by atoms with E-state index in [1.54, 1.807) is 17.4 Å². The third kappa shape index (κ3) is 3.10. The number of benzene rings is 1. The largest absolute Gasteiger partial charge is 0.333 e. The fraction of sp³-hybridized carbons (Fsp3) is 0.333. The number of hydrogen-bond donors (Lipinski definition) is 0. The van der Waals surface area contributed by atoms with Crippen LogP contribution in [0.25, 0.3) is 10.4 Å². The fourth-order valence-corrected chi connectivity index (χ4v) is 2.72. The predicted molar refractivity (Wildman–Crippen MR) is 82.2 cm³/mol. The molecule has 1 unspecified atom stereocenters. The van der Waals surface area contributed by atoms with Crippen molar-refractivity contribution in [2.24, 2.45) is 11.0 Å². The summed E-state index contributed by atoms with van der Waals surface area (Å²) in [7, 11) is 0. The molecule has 1 amide bonds. The van der Waals surface area contributed by atoms with E-state index in [1.807, 2.05) is 35.0 Å². The molecule has 1 fully saturated rings. The number of aromatic nitrogens is 2. The van der Waals surface area contributed by atoms with E-state index in [0.29, 0.717) is 19.5 Å². The third-order valence-electron chi connectivity index (χ3n) is 3.75. The van der Waals surface area contributed by atoms with E-state index in [1.165, 1.54) is 0 Å². The number of carbonyl (C=O) groups excluding carboxylic acids is 1. The van der Waals surface area contributed by atoms with Gasteiger partial charge in [0.2, 0.25) is 5.91 Å². The molecule has 0 N–H and O–H groups in total. The standard InChI is InChI=1S/C15H16N6O/c16-19-18-8-13-7-15(22)21(10-13)14-3-1-2-12(6-14)9-20-5-4-17-11-20/h1-6,11,13H,7-10H2. The second-order valence-electron chi connectivity index (χ2n) is 5.39. The molecule has 22 heavy (non-hydrogen) atoms. The Balaban J connectivity index is 1.74. The molecular formula is C15H16N6O. The summed E-state index contributed by atoms with van der Waals surface area (Å²) in [5, 5.41) is 3.58. The Labute approximate surface area is 127 Å². The molecule has 0 bridgehead atoms. The monoisotopic (exact) mass is 296 g/mol. The Morgan fingerprint density at radius 3 is 3.14 bits per heavy atom. The molecule has 7 nitrogen and oxygen atoms in total. The molecule has 1 aromatic heterocycles. The van der Waals surface area contributed by atoms with Crippen LogP contribution in [0.4, 0.5) is 5.69 Å². The molecule has 1 aliphatic rings. The van der Waals surface area contributed by atoms with E-state index in [0.717, 1.165) is 17.8 Å². The van der Waals surface area contributed by atoms with Crippen LogP contribution in [0, 0.1) is 5.92 Å². The van der Waals surface area contributed by atoms with Crippen molar-refractivity contribution in [3.8, 4) is 0 Å². The molecule has 0 aliphatic carbocycles. The zero-order valence-electron chi connectivity index (χ0n) is 12.0. The number of azide groups is 1. The van der Waals surface area contributed by atoms with Gasteiger partial charge < -0.3 is 9.47 Å². The first kappa shape index (κ1) is 14.2. The number of nitrogens with zero attached hydrogens (tertiary/aromatic N) is 6. The van der Waals surface area contributed by atoms with Gasteiger partial charge in [-0.25, -0.2) is 4.98 Å². The molecule has 0 radical (unpaired) electrons. The summed E-state index contributed by atoms with van der Waals surface area (Å²) in [5.74, 6) is 0.179. The highest BCUT2D eigenvalue weighted by Crippen LogP contribution is 2.26. The number of hydrogen-bond acceptors (Lipinski definition) is 3. The zero-order valence-corrected chi connectivity index (χ0v) is 12.0. The molecular weight excluding hydrogens is 280 g/mol. The lowest BCUT2D eigenvalue weighted by Gasteiger charge is -2.17. The predicted octanol–water partition coefficient (Wildman–Crippen LogP) is 2.59. The average molecular weight is 296 g/mol. The van der Waals surface area contributed by atoms with Gasteiger partial charge in [0, 0.05) is 49.0 Å². The molecule has 2 heterocycles. The summed E-state index contributed by atoms with van der Waals surface area (Å²) in [6, 6.07) is 7.94. The lowest BCUT2D eigenvalue weighted by atomic mass is 10.1. The van der Waals surface area contributed by atoms with Gasteiger partial charge in [-0.1, -0.05) is 17.2 Å². The highest BCUT2D eigenvalue weighted by atomic mass is 16.2. The Morgan fingerprint density at radius 2 is 2.36 bits per heavy atom. The van der Waals surface area contributed by atoms with Crippen molar-refractivity contribution < 1.29 is 4.79 Å². The van der Waals surface area contributed by atoms with Gasteiger partial charge in [0.15, 0.2) is 0 Å². The first-order valence-electron chi connectivity index (χ1n) is 7.12. The van der Waals surface area contributed by atoms with E-state index in [4.69, 9.17) is 5.53 Å². The summed E-state index contributed by atoms with van der Waals surface area (Å²) in [6.07, 6.45) is 5.85. The molecule has 1 saturated heterocycles. The van der Waals surface area contributed by atoms with Crippen molar-refractivity contribution in [3.05, 3.63) is 59.0 Å². The fourth-order valence-electron chi connectivity index (χ4n) is 2.72. The van der Waals surface area contributed by atoms with Crippen molar-refractivity contribution in [2.45, 2.75) is 13.0 Å². The highest BCUT2D eigenvalue weighted by Gasteiger charge is 2.30. The van der Waals surface area contributed by atoms with Gasteiger partial charge in [0.1, 0.15) is 0 Å². The van der Waals surface area contributed by atoms with Gasteiger partial charge in [-0.3, -0.25) is 4.79 Å². The Kier molecular flexibility index (Phi) is 4.07. The lowest BCUT2D eigenvalue weighted by molar-refractivity contribution is -0.117. The second-order valence-corrected chi connectivity index (χ2v) is 5.39. The number of anilines is 1. The highest BCUT2D eigenvalue weighted by molar-refractivity contribution is 5.95. The SMILES string of the molecule is [N-]=[N+]=NCC1CC(=O)N(c2cccc(Cn3ccnc3)c2)C1. The molecule has 7 heteroatoms. The Bertz CT molecular complexity index is 705. The summed E-state index contributed by atoms with van der Waals surface area (Å²) < 4.78 is 1.98. The Morgan fingerprint density at radius 1 is 1.45 bits per heavy atom. The lowest BCUT2D eigenvalue weighted by Crippen LogP contribution is -2.24. The van der Waals surface area contributed by atoms with Crippen molar-refractivity contribution in [1.82, 2.24) is 9.55 Å². The van der Waals surface area contributed by atoms with Gasteiger partial charge in [0.05, 0.1) is 6.33 Å². The number of carbonyl (C=O) groups is 1. The van der Waals surface area contributed by atoms with E-state index in [9.17, 15) is 4.79 Å². The van der Waals surface area contributed by atoms with Gasteiger partial charge in [-0.2, -0.15) is 0 Å². The molecule has 2 aromatic rings. The van der Waals surface area contributed by atoms with Crippen LogP contribution in [-0.4, -0.2) is 28.5 Å². The molecule has 1 aliphatic heterocycles. The van der Waals surface area contributed by atoms with Crippen LogP contribution >= 0.6 is 0 Å². The zero-order chi connectivity index (χ0) is 15.4. The van der Waals surface area contributed by atoms with E-state index in [2.05, 4.69) is 15.0 Å². The quantitative estimate of drug-likeness (QED) is 0.482. The maximum absolute atomic E-state index is 12.2. The third-order valence-corrected chi connectivity index (χ3v) is 3.75. The van der Waals surface area contributed by atoms with E-state index >= 15 is 0 Å². The van der Waals surface area contributed by atoms with Gasteiger partial charge in [-0.15, -0.1) is 0 Å². The molecule has 1 atom stereocenters. The van der Waals surface area contributed by atoms with Crippen LogP contribution in [0.5, 0.6) is 0 Å². The normalized spacial score (nSPS) is 17.5.